The van der Waals surface area contributed by atoms with E-state index < -0.39 is 99.3 Å². The van der Waals surface area contributed by atoms with Crippen molar-refractivity contribution < 1.29 is 73.8 Å². The topological polar surface area (TPSA) is 231 Å². The van der Waals surface area contributed by atoms with Crippen molar-refractivity contribution in [2.24, 2.45) is 0 Å². The van der Waals surface area contributed by atoms with Crippen LogP contribution >= 0.6 is 0 Å². The molecule has 0 bridgehead atoms. The first-order valence-corrected chi connectivity index (χ1v) is 27.5. The van der Waals surface area contributed by atoms with Crippen LogP contribution in [0.25, 0.3) is 0 Å². The molecule has 2 heterocycles. The van der Waals surface area contributed by atoms with Crippen LogP contribution in [0.5, 0.6) is 0 Å². The summed E-state index contributed by atoms with van der Waals surface area (Å²) < 4.78 is 33.6. The summed E-state index contributed by atoms with van der Waals surface area (Å²) in [5, 5.41) is 72.2. The maximum absolute atomic E-state index is 13.0. The van der Waals surface area contributed by atoms with Crippen LogP contribution < -0.4 is 0 Å². The zero-order valence-electron chi connectivity index (χ0n) is 43.9. The maximum Gasteiger partial charge on any atom is 0.306 e. The molecule has 0 aromatic heterocycles. The first-order valence-electron chi connectivity index (χ1n) is 27.5. The Morgan fingerprint density at radius 3 is 1.38 bits per heavy atom. The van der Waals surface area contributed by atoms with E-state index in [1.54, 1.807) is 0 Å². The second-order valence-corrected chi connectivity index (χ2v) is 19.0. The van der Waals surface area contributed by atoms with Gasteiger partial charge < -0.3 is 64.2 Å². The van der Waals surface area contributed by atoms with E-state index in [1.165, 1.54) is 57.8 Å². The number of unbranched alkanes of at least 4 members (excludes halogenated alkanes) is 16. The van der Waals surface area contributed by atoms with E-state index in [2.05, 4.69) is 86.8 Å². The Labute approximate surface area is 432 Å². The number of aliphatic hydroxyl groups is 7. The summed E-state index contributed by atoms with van der Waals surface area (Å²) in [7, 11) is 0. The quantitative estimate of drug-likeness (QED) is 0.0172. The molecule has 15 heteroatoms. The van der Waals surface area contributed by atoms with Crippen LogP contribution in [-0.4, -0.2) is 142 Å². The van der Waals surface area contributed by atoms with E-state index in [4.69, 9.17) is 28.4 Å². The summed E-state index contributed by atoms with van der Waals surface area (Å²) in [6.45, 7) is 2.42. The smallest absolute Gasteiger partial charge is 0.306 e. The van der Waals surface area contributed by atoms with Crippen molar-refractivity contribution >= 4 is 11.9 Å². The van der Waals surface area contributed by atoms with Gasteiger partial charge in [0.1, 0.15) is 55.4 Å². The number of aliphatic hydroxyl groups excluding tert-OH is 7. The molecule has 72 heavy (non-hydrogen) atoms. The third-order valence-corrected chi connectivity index (χ3v) is 12.7. The van der Waals surface area contributed by atoms with Crippen molar-refractivity contribution in [3.05, 3.63) is 72.9 Å². The highest BCUT2D eigenvalue weighted by Crippen LogP contribution is 2.26. The molecule has 2 aliphatic heterocycles. The lowest BCUT2D eigenvalue weighted by Gasteiger charge is -2.42. The minimum absolute atomic E-state index is 0.133. The predicted octanol–water partition coefficient (Wildman–Crippen LogP) is 8.60. The van der Waals surface area contributed by atoms with Gasteiger partial charge in [0, 0.05) is 12.8 Å². The normalized spacial score (nSPS) is 25.6. The number of hydrogen-bond donors (Lipinski definition) is 7. The van der Waals surface area contributed by atoms with E-state index in [-0.39, 0.29) is 19.4 Å². The van der Waals surface area contributed by atoms with Gasteiger partial charge in [0.15, 0.2) is 18.7 Å². The van der Waals surface area contributed by atoms with Gasteiger partial charge in [-0.1, -0.05) is 157 Å². The molecule has 0 aromatic rings. The molecule has 2 rings (SSSR count). The maximum atomic E-state index is 13.0. The summed E-state index contributed by atoms with van der Waals surface area (Å²) in [6, 6.07) is 0. The van der Waals surface area contributed by atoms with E-state index in [0.717, 1.165) is 83.5 Å². The fourth-order valence-corrected chi connectivity index (χ4v) is 8.18. The van der Waals surface area contributed by atoms with Crippen LogP contribution in [0.3, 0.4) is 0 Å². The Hall–Kier alpha value is -3.06. The van der Waals surface area contributed by atoms with Crippen molar-refractivity contribution in [1.82, 2.24) is 0 Å². The molecule has 7 N–H and O–H groups in total. The fourth-order valence-electron chi connectivity index (χ4n) is 8.18. The van der Waals surface area contributed by atoms with Crippen molar-refractivity contribution in [2.45, 2.75) is 248 Å². The predicted molar refractivity (Wildman–Crippen MR) is 279 cm³/mol. The zero-order valence-corrected chi connectivity index (χ0v) is 43.9. The molecule has 11 unspecified atom stereocenters. The third-order valence-electron chi connectivity index (χ3n) is 12.7. The fraction of sp³-hybridized carbons (Fsp3) is 0.754. The van der Waals surface area contributed by atoms with Crippen LogP contribution in [0, 0.1) is 0 Å². The highest BCUT2D eigenvalue weighted by molar-refractivity contribution is 5.70. The number of rotatable bonds is 42. The second kappa shape index (κ2) is 43.2. The molecule has 11 atom stereocenters. The lowest BCUT2D eigenvalue weighted by atomic mass is 9.98. The van der Waals surface area contributed by atoms with E-state index in [1.807, 2.05) is 0 Å². The first kappa shape index (κ1) is 65.1. The van der Waals surface area contributed by atoms with Crippen LogP contribution in [0.15, 0.2) is 72.9 Å². The molecule has 2 fully saturated rings. The number of allylic oxidation sites excluding steroid dienone is 12. The number of carbonyl (C=O) groups excluding carboxylic acids is 2. The van der Waals surface area contributed by atoms with Crippen LogP contribution in [0.1, 0.15) is 181 Å². The summed E-state index contributed by atoms with van der Waals surface area (Å²) in [5.74, 6) is -0.961. The van der Waals surface area contributed by atoms with Gasteiger partial charge in [0.05, 0.1) is 19.8 Å². The molecule has 0 aliphatic carbocycles. The molecule has 0 saturated carbocycles. The molecule has 0 radical (unpaired) electrons. The molecular weight excluding hydrogens is 925 g/mol. The Balaban J connectivity index is 1.79. The number of ether oxygens (including phenoxy) is 6. The molecule has 2 aliphatic rings. The Morgan fingerprint density at radius 2 is 0.875 bits per heavy atom. The van der Waals surface area contributed by atoms with Crippen molar-refractivity contribution in [3.8, 4) is 0 Å². The number of carbonyl (C=O) groups is 2. The van der Waals surface area contributed by atoms with E-state index in [0.29, 0.717) is 12.8 Å². The van der Waals surface area contributed by atoms with Crippen molar-refractivity contribution in [1.29, 1.82) is 0 Å². The number of hydrogen-bond acceptors (Lipinski definition) is 15. The van der Waals surface area contributed by atoms with Crippen LogP contribution in [0.2, 0.25) is 0 Å². The SMILES string of the molecule is CC/C=C\C/C=C\C/C=C\C/C=C\CCCCCCC(=O)OC(COC(=O)CCCCCCCCCCC/C=C\C/C=C\CCCCC)COC1OC(COC2OC(CO)C(O)C(O)C2O)C(O)C(O)C1O. The van der Waals surface area contributed by atoms with Gasteiger partial charge in [-0.15, -0.1) is 0 Å². The third kappa shape index (κ3) is 30.3. The first-order chi connectivity index (χ1) is 35.0. The van der Waals surface area contributed by atoms with Gasteiger partial charge in [-0.2, -0.15) is 0 Å². The minimum Gasteiger partial charge on any atom is -0.462 e. The van der Waals surface area contributed by atoms with Gasteiger partial charge in [0.2, 0.25) is 0 Å². The minimum atomic E-state index is -1.77. The highest BCUT2D eigenvalue weighted by atomic mass is 16.7. The van der Waals surface area contributed by atoms with Gasteiger partial charge in [-0.05, 0) is 83.5 Å². The largest absolute Gasteiger partial charge is 0.462 e. The Kier molecular flexibility index (Phi) is 39.0. The highest BCUT2D eigenvalue weighted by Gasteiger charge is 2.47. The van der Waals surface area contributed by atoms with Crippen molar-refractivity contribution in [3.63, 3.8) is 0 Å². The van der Waals surface area contributed by atoms with Gasteiger partial charge in [0.25, 0.3) is 0 Å². The summed E-state index contributed by atoms with van der Waals surface area (Å²) in [6.07, 6.45) is 34.9. The van der Waals surface area contributed by atoms with Crippen LogP contribution in [-0.2, 0) is 38.0 Å². The average Bonchev–Trinajstić information content (AvgIpc) is 3.37. The number of esters is 2. The van der Waals surface area contributed by atoms with E-state index in [9.17, 15) is 45.3 Å². The monoisotopic (exact) mass is 1020 g/mol. The molecule has 2 saturated heterocycles. The summed E-state index contributed by atoms with van der Waals surface area (Å²) >= 11 is 0. The lowest BCUT2D eigenvalue weighted by Crippen LogP contribution is -2.61. The lowest BCUT2D eigenvalue weighted by molar-refractivity contribution is -0.332. The molecule has 414 valence electrons. The zero-order chi connectivity index (χ0) is 52.4. The van der Waals surface area contributed by atoms with Crippen molar-refractivity contribution in [2.75, 3.05) is 26.4 Å². The van der Waals surface area contributed by atoms with E-state index >= 15 is 0 Å². The van der Waals surface area contributed by atoms with Gasteiger partial charge >= 0.3 is 11.9 Å². The van der Waals surface area contributed by atoms with Gasteiger partial charge in [-0.3, -0.25) is 9.59 Å². The van der Waals surface area contributed by atoms with Gasteiger partial charge in [-0.25, -0.2) is 0 Å². The Morgan fingerprint density at radius 1 is 0.458 bits per heavy atom. The summed E-state index contributed by atoms with van der Waals surface area (Å²) in [5.41, 5.74) is 0. The summed E-state index contributed by atoms with van der Waals surface area (Å²) in [4.78, 5) is 25.8. The second-order valence-electron chi connectivity index (χ2n) is 19.0. The molecule has 0 spiro atoms. The molecule has 0 amide bonds. The molecule has 0 aromatic carbocycles. The average molecular weight is 1020 g/mol. The molecule has 15 nitrogen and oxygen atoms in total. The standard InChI is InChI=1S/C57H96O15/c1-3-5-7-9-11-13-15-17-19-21-22-24-25-27-29-31-33-35-37-39-48(59)67-42-45(70-49(60)40-38-36-34-32-30-28-26-23-20-18-16-14-12-10-8-6-4-2)43-68-56-55(66)53(64)51(62)47(72-56)44-69-57-54(65)52(63)50(61)46(41-58)71-57/h6,8,11-14,17-20,26,28,45-47,50-58,61-66H,3-5,7,9-10,15-16,21-25,27,29-44H2,1-2H3/b8-6-,13-11-,14-12-,19-17-,20-18-,28-26-. The molecular formula is C57H96O15. The van der Waals surface area contributed by atoms with Crippen LogP contribution in [0.4, 0.5) is 0 Å². The Bertz CT molecular complexity index is 1530.